The highest BCUT2D eigenvalue weighted by Gasteiger charge is 2.27. The molecular weight excluding hydrogens is 277 g/mol. The van der Waals surface area contributed by atoms with Crippen molar-refractivity contribution in [2.24, 2.45) is 0 Å². The lowest BCUT2D eigenvalue weighted by Crippen LogP contribution is -2.17. The molecule has 0 radical (unpaired) electrons. The van der Waals surface area contributed by atoms with E-state index in [4.69, 9.17) is 0 Å². The van der Waals surface area contributed by atoms with Crippen molar-refractivity contribution in [2.45, 2.75) is 83.2 Å². The van der Waals surface area contributed by atoms with Gasteiger partial charge in [-0.1, -0.05) is 63.9 Å². The van der Waals surface area contributed by atoms with Gasteiger partial charge in [0.2, 0.25) is 0 Å². The van der Waals surface area contributed by atoms with Crippen LogP contribution in [-0.2, 0) is 4.74 Å². The lowest BCUT2D eigenvalue weighted by molar-refractivity contribution is -0.174. The third-order valence-corrected chi connectivity index (χ3v) is 3.46. The fourth-order valence-corrected chi connectivity index (χ4v) is 2.27. The smallest absolute Gasteiger partial charge is 0.372 e. The quantitative estimate of drug-likeness (QED) is 0.250. The van der Waals surface area contributed by atoms with Gasteiger partial charge in [-0.15, -0.1) is 6.58 Å². The number of ether oxygens (including phenoxy) is 1. The summed E-state index contributed by atoms with van der Waals surface area (Å²) in [5.41, 5.74) is 0. The Morgan fingerprint density at radius 1 is 0.714 bits per heavy atom. The van der Waals surface area contributed by atoms with E-state index in [0.29, 0.717) is 0 Å². The summed E-state index contributed by atoms with van der Waals surface area (Å²) in [5, 5.41) is 0. The Morgan fingerprint density at radius 2 is 1.14 bits per heavy atom. The molecule has 4 heteroatoms. The summed E-state index contributed by atoms with van der Waals surface area (Å²) in [6.07, 6.45) is 12.0. The van der Waals surface area contributed by atoms with Gasteiger partial charge in [0.15, 0.2) is 0 Å². The topological polar surface area (TPSA) is 9.23 Å². The van der Waals surface area contributed by atoms with Gasteiger partial charge < -0.3 is 4.74 Å². The van der Waals surface area contributed by atoms with E-state index in [2.05, 4.69) is 11.3 Å². The summed E-state index contributed by atoms with van der Waals surface area (Å²) in [7, 11) is 0. The summed E-state index contributed by atoms with van der Waals surface area (Å²) < 4.78 is 39.9. The Balaban J connectivity index is 3.01. The monoisotopic (exact) mass is 308 g/mol. The zero-order valence-corrected chi connectivity index (χ0v) is 13.2. The second-order valence-corrected chi connectivity index (χ2v) is 5.63. The van der Waals surface area contributed by atoms with Gasteiger partial charge in [0, 0.05) is 6.61 Å². The molecule has 0 heterocycles. The van der Waals surface area contributed by atoms with Gasteiger partial charge in [0.25, 0.3) is 0 Å². The molecule has 0 bridgehead atoms. The number of hydrogen-bond acceptors (Lipinski definition) is 1. The van der Waals surface area contributed by atoms with E-state index in [9.17, 15) is 13.2 Å². The van der Waals surface area contributed by atoms with Crippen LogP contribution in [0.1, 0.15) is 77.0 Å². The van der Waals surface area contributed by atoms with Crippen molar-refractivity contribution in [2.75, 3.05) is 13.2 Å². The van der Waals surface area contributed by atoms with Crippen LogP contribution >= 0.6 is 0 Å². The molecule has 0 saturated heterocycles. The molecule has 0 N–H and O–H groups in total. The average Bonchev–Trinajstić information content (AvgIpc) is 2.42. The number of halogens is 3. The number of allylic oxidation sites excluding steroid dienone is 1. The van der Waals surface area contributed by atoms with Gasteiger partial charge in [0.05, 0.1) is 0 Å². The predicted molar refractivity (Wildman–Crippen MR) is 82.5 cm³/mol. The van der Waals surface area contributed by atoms with E-state index >= 15 is 0 Å². The third-order valence-electron chi connectivity index (χ3n) is 3.46. The van der Waals surface area contributed by atoms with Crippen LogP contribution in [0.2, 0.25) is 0 Å². The molecular formula is C17H31F3O. The summed E-state index contributed by atoms with van der Waals surface area (Å²) in [6, 6.07) is 0. The van der Waals surface area contributed by atoms with Gasteiger partial charge in [-0.05, 0) is 19.3 Å². The first-order chi connectivity index (χ1) is 10.1. The highest BCUT2D eigenvalue weighted by Crippen LogP contribution is 2.15. The zero-order chi connectivity index (χ0) is 15.8. The summed E-state index contributed by atoms with van der Waals surface area (Å²) >= 11 is 0. The molecule has 0 unspecified atom stereocenters. The molecule has 0 aromatic heterocycles. The van der Waals surface area contributed by atoms with E-state index < -0.39 is 12.8 Å². The number of hydrogen-bond donors (Lipinski definition) is 0. The maximum absolute atomic E-state index is 11.8. The first-order valence-electron chi connectivity index (χ1n) is 8.31. The Bertz CT molecular complexity index is 227. The molecule has 0 aliphatic rings. The van der Waals surface area contributed by atoms with Crippen molar-refractivity contribution < 1.29 is 17.9 Å². The minimum atomic E-state index is -4.19. The highest BCUT2D eigenvalue weighted by atomic mass is 19.4. The average molecular weight is 308 g/mol. The lowest BCUT2D eigenvalue weighted by Gasteiger charge is -2.07. The molecule has 0 aliphatic carbocycles. The summed E-state index contributed by atoms with van der Waals surface area (Å²) in [4.78, 5) is 0. The van der Waals surface area contributed by atoms with Crippen molar-refractivity contribution in [3.63, 3.8) is 0 Å². The fourth-order valence-electron chi connectivity index (χ4n) is 2.27. The van der Waals surface area contributed by atoms with E-state index in [-0.39, 0.29) is 6.61 Å². The first kappa shape index (κ1) is 20.5. The normalized spacial score (nSPS) is 11.8. The maximum Gasteiger partial charge on any atom is 0.411 e. The van der Waals surface area contributed by atoms with Crippen molar-refractivity contribution >= 4 is 0 Å². The maximum atomic E-state index is 11.8. The van der Waals surface area contributed by atoms with Crippen molar-refractivity contribution in [3.8, 4) is 0 Å². The van der Waals surface area contributed by atoms with Crippen LogP contribution in [0.25, 0.3) is 0 Å². The molecule has 0 fully saturated rings. The number of unbranched alkanes of at least 4 members (excludes halogenated alkanes) is 11. The molecule has 0 amide bonds. The summed E-state index contributed by atoms with van der Waals surface area (Å²) in [5.74, 6) is 0. The van der Waals surface area contributed by atoms with Crippen LogP contribution in [0.5, 0.6) is 0 Å². The Labute approximate surface area is 127 Å². The number of rotatable bonds is 15. The van der Waals surface area contributed by atoms with E-state index in [1.54, 1.807) is 0 Å². The molecule has 0 aromatic carbocycles. The molecule has 0 aliphatic heterocycles. The van der Waals surface area contributed by atoms with E-state index in [0.717, 1.165) is 25.7 Å². The standard InChI is InChI=1S/C17H31F3O/c1-2-3-4-5-6-7-8-9-10-11-12-13-14-15-21-16-17(18,19)20/h2H,1,3-16H2. The van der Waals surface area contributed by atoms with Gasteiger partial charge in [-0.25, -0.2) is 0 Å². The Hall–Kier alpha value is -0.510. The first-order valence-corrected chi connectivity index (χ1v) is 8.31. The molecule has 126 valence electrons. The second-order valence-electron chi connectivity index (χ2n) is 5.63. The van der Waals surface area contributed by atoms with Crippen LogP contribution in [0.3, 0.4) is 0 Å². The molecule has 0 atom stereocenters. The Kier molecular flexibility index (Phi) is 14.1. The van der Waals surface area contributed by atoms with Crippen LogP contribution < -0.4 is 0 Å². The largest absolute Gasteiger partial charge is 0.411 e. The summed E-state index contributed by atoms with van der Waals surface area (Å²) in [6.45, 7) is 2.83. The van der Waals surface area contributed by atoms with Gasteiger partial charge in [-0.2, -0.15) is 13.2 Å². The van der Waals surface area contributed by atoms with Crippen LogP contribution in [0.4, 0.5) is 13.2 Å². The lowest BCUT2D eigenvalue weighted by atomic mass is 10.1. The van der Waals surface area contributed by atoms with Crippen LogP contribution in [-0.4, -0.2) is 19.4 Å². The SMILES string of the molecule is C=CCCCCCCCCCCCCCOCC(F)(F)F. The molecule has 0 aromatic rings. The van der Waals surface area contributed by atoms with Crippen LogP contribution in [0, 0.1) is 0 Å². The predicted octanol–water partition coefficient (Wildman–Crippen LogP) is 6.43. The highest BCUT2D eigenvalue weighted by molar-refractivity contribution is 4.65. The van der Waals surface area contributed by atoms with Crippen molar-refractivity contribution in [1.82, 2.24) is 0 Å². The molecule has 0 saturated carbocycles. The molecule has 21 heavy (non-hydrogen) atoms. The van der Waals surface area contributed by atoms with Crippen LogP contribution in [0.15, 0.2) is 12.7 Å². The fraction of sp³-hybridized carbons (Fsp3) is 0.882. The number of alkyl halides is 3. The van der Waals surface area contributed by atoms with Gasteiger partial charge in [-0.3, -0.25) is 0 Å². The van der Waals surface area contributed by atoms with Gasteiger partial charge >= 0.3 is 6.18 Å². The minimum absolute atomic E-state index is 0.226. The second kappa shape index (κ2) is 14.4. The van der Waals surface area contributed by atoms with Crippen molar-refractivity contribution in [1.29, 1.82) is 0 Å². The zero-order valence-electron chi connectivity index (χ0n) is 13.2. The molecule has 0 spiro atoms. The Morgan fingerprint density at radius 3 is 1.57 bits per heavy atom. The van der Waals surface area contributed by atoms with E-state index in [1.807, 2.05) is 6.08 Å². The minimum Gasteiger partial charge on any atom is -0.372 e. The van der Waals surface area contributed by atoms with E-state index in [1.165, 1.54) is 51.4 Å². The molecule has 1 nitrogen and oxygen atoms in total. The molecule has 0 rings (SSSR count). The van der Waals surface area contributed by atoms with Gasteiger partial charge in [0.1, 0.15) is 6.61 Å². The third kappa shape index (κ3) is 19.5. The van der Waals surface area contributed by atoms with Crippen molar-refractivity contribution in [3.05, 3.63) is 12.7 Å².